The molecule has 0 spiro atoms. The SMILES string of the molecule is Brc1c(-c2ccccc2)oc2c1CC(Br)CCC2. The van der Waals surface area contributed by atoms with Crippen molar-refractivity contribution in [3.63, 3.8) is 0 Å². The van der Waals surface area contributed by atoms with Crippen LogP contribution in [0.4, 0.5) is 0 Å². The number of rotatable bonds is 1. The van der Waals surface area contributed by atoms with Gasteiger partial charge in [0.2, 0.25) is 0 Å². The fraction of sp³-hybridized carbons (Fsp3) is 0.333. The Labute approximate surface area is 124 Å². The van der Waals surface area contributed by atoms with E-state index in [9.17, 15) is 0 Å². The fourth-order valence-corrected chi connectivity index (χ4v) is 3.82. The summed E-state index contributed by atoms with van der Waals surface area (Å²) < 4.78 is 7.22. The van der Waals surface area contributed by atoms with Crippen molar-refractivity contribution in [1.29, 1.82) is 0 Å². The van der Waals surface area contributed by atoms with Gasteiger partial charge in [-0.3, -0.25) is 0 Å². The number of hydrogen-bond acceptors (Lipinski definition) is 1. The van der Waals surface area contributed by atoms with Crippen LogP contribution in [0, 0.1) is 0 Å². The summed E-state index contributed by atoms with van der Waals surface area (Å²) >= 11 is 7.47. The summed E-state index contributed by atoms with van der Waals surface area (Å²) in [5, 5.41) is 0. The Morgan fingerprint density at radius 3 is 2.72 bits per heavy atom. The summed E-state index contributed by atoms with van der Waals surface area (Å²) in [6.07, 6.45) is 4.50. The molecule has 94 valence electrons. The van der Waals surface area contributed by atoms with Crippen LogP contribution in [-0.4, -0.2) is 4.83 Å². The van der Waals surface area contributed by atoms with Gasteiger partial charge in [-0.2, -0.15) is 0 Å². The van der Waals surface area contributed by atoms with Gasteiger partial charge in [-0.15, -0.1) is 0 Å². The average Bonchev–Trinajstić information content (AvgIpc) is 2.58. The van der Waals surface area contributed by atoms with Crippen molar-refractivity contribution in [2.24, 2.45) is 0 Å². The molecule has 0 radical (unpaired) electrons. The smallest absolute Gasteiger partial charge is 0.148 e. The second-order valence-electron chi connectivity index (χ2n) is 4.71. The van der Waals surface area contributed by atoms with Gasteiger partial charge in [0.1, 0.15) is 11.5 Å². The first-order valence-electron chi connectivity index (χ1n) is 6.25. The van der Waals surface area contributed by atoms with Gasteiger partial charge < -0.3 is 4.42 Å². The summed E-state index contributed by atoms with van der Waals surface area (Å²) in [6.45, 7) is 0. The molecule has 1 atom stereocenters. The van der Waals surface area contributed by atoms with Crippen molar-refractivity contribution in [3.05, 3.63) is 46.1 Å². The van der Waals surface area contributed by atoms with Gasteiger partial charge in [0.25, 0.3) is 0 Å². The largest absolute Gasteiger partial charge is 0.460 e. The number of aryl methyl sites for hydroxylation is 1. The molecule has 1 aliphatic carbocycles. The van der Waals surface area contributed by atoms with Crippen LogP contribution in [0.3, 0.4) is 0 Å². The summed E-state index contributed by atoms with van der Waals surface area (Å²) in [7, 11) is 0. The third-order valence-electron chi connectivity index (χ3n) is 3.41. The predicted octanol–water partition coefficient (Wildman–Crippen LogP) is 5.35. The molecule has 0 aliphatic heterocycles. The summed E-state index contributed by atoms with van der Waals surface area (Å²) in [6, 6.07) is 10.3. The first-order valence-corrected chi connectivity index (χ1v) is 7.96. The molecule has 0 saturated heterocycles. The Morgan fingerprint density at radius 2 is 1.94 bits per heavy atom. The summed E-state index contributed by atoms with van der Waals surface area (Å²) in [5.41, 5.74) is 2.48. The van der Waals surface area contributed by atoms with E-state index in [1.807, 2.05) is 18.2 Å². The number of alkyl halides is 1. The van der Waals surface area contributed by atoms with Crippen LogP contribution in [0.2, 0.25) is 0 Å². The molecule has 0 amide bonds. The summed E-state index contributed by atoms with van der Waals surface area (Å²) in [5.74, 6) is 2.13. The van der Waals surface area contributed by atoms with E-state index in [2.05, 4.69) is 44.0 Å². The van der Waals surface area contributed by atoms with Crippen LogP contribution in [0.5, 0.6) is 0 Å². The monoisotopic (exact) mass is 368 g/mol. The highest BCUT2D eigenvalue weighted by atomic mass is 79.9. The third-order valence-corrected chi connectivity index (χ3v) is 5.03. The van der Waals surface area contributed by atoms with E-state index in [-0.39, 0.29) is 0 Å². The molecule has 1 nitrogen and oxygen atoms in total. The minimum Gasteiger partial charge on any atom is -0.460 e. The minimum absolute atomic E-state index is 0.566. The van der Waals surface area contributed by atoms with E-state index in [0.29, 0.717) is 4.83 Å². The van der Waals surface area contributed by atoms with Crippen LogP contribution in [0.1, 0.15) is 24.2 Å². The first-order chi connectivity index (χ1) is 8.75. The topological polar surface area (TPSA) is 13.1 Å². The van der Waals surface area contributed by atoms with Crippen LogP contribution in [-0.2, 0) is 12.8 Å². The molecule has 2 aromatic rings. The van der Waals surface area contributed by atoms with E-state index in [1.165, 1.54) is 18.4 Å². The minimum atomic E-state index is 0.566. The van der Waals surface area contributed by atoms with Crippen molar-refractivity contribution < 1.29 is 4.42 Å². The molecule has 0 N–H and O–H groups in total. The molecule has 3 rings (SSSR count). The number of furan rings is 1. The lowest BCUT2D eigenvalue weighted by Crippen LogP contribution is -1.99. The van der Waals surface area contributed by atoms with E-state index < -0.39 is 0 Å². The van der Waals surface area contributed by atoms with Gasteiger partial charge in [0.05, 0.1) is 4.47 Å². The normalized spacial score (nSPS) is 19.3. The molecule has 0 fully saturated rings. The van der Waals surface area contributed by atoms with Crippen molar-refractivity contribution in [3.8, 4) is 11.3 Å². The lowest BCUT2D eigenvalue weighted by atomic mass is 10.1. The molecule has 1 aliphatic rings. The second kappa shape index (κ2) is 5.22. The van der Waals surface area contributed by atoms with Crippen LogP contribution in [0.15, 0.2) is 39.2 Å². The standard InChI is InChI=1S/C15H14Br2O/c16-11-7-4-8-13-12(9-11)14(17)15(18-13)10-5-2-1-3-6-10/h1-3,5-6,11H,4,7-9H2. The average molecular weight is 370 g/mol. The van der Waals surface area contributed by atoms with Crippen molar-refractivity contribution in [1.82, 2.24) is 0 Å². The predicted molar refractivity (Wildman–Crippen MR) is 81.2 cm³/mol. The zero-order valence-corrected chi connectivity index (χ0v) is 13.1. The zero-order valence-electron chi connectivity index (χ0n) is 9.96. The highest BCUT2D eigenvalue weighted by Crippen LogP contribution is 2.39. The molecule has 1 aromatic carbocycles. The quantitative estimate of drug-likeness (QED) is 0.487. The van der Waals surface area contributed by atoms with Crippen molar-refractivity contribution >= 4 is 31.9 Å². The molecular weight excluding hydrogens is 356 g/mol. The van der Waals surface area contributed by atoms with E-state index in [1.54, 1.807) is 0 Å². The van der Waals surface area contributed by atoms with Crippen molar-refractivity contribution in [2.45, 2.75) is 30.5 Å². The van der Waals surface area contributed by atoms with Gasteiger partial charge in [-0.05, 0) is 35.2 Å². The molecule has 3 heteroatoms. The van der Waals surface area contributed by atoms with Crippen LogP contribution >= 0.6 is 31.9 Å². The Bertz CT molecular complexity index is 545. The first kappa shape index (κ1) is 12.5. The molecule has 1 aromatic heterocycles. The highest BCUT2D eigenvalue weighted by molar-refractivity contribution is 9.10. The molecule has 0 saturated carbocycles. The molecular formula is C15H14Br2O. The third kappa shape index (κ3) is 2.30. The maximum Gasteiger partial charge on any atom is 0.148 e. The molecule has 0 bridgehead atoms. The van der Waals surface area contributed by atoms with E-state index in [0.717, 1.165) is 34.4 Å². The molecule has 1 unspecified atom stereocenters. The van der Waals surface area contributed by atoms with Gasteiger partial charge in [0, 0.05) is 22.4 Å². The Kier molecular flexibility index (Phi) is 3.62. The highest BCUT2D eigenvalue weighted by Gasteiger charge is 2.23. The number of fused-ring (bicyclic) bond motifs is 1. The number of hydrogen-bond donors (Lipinski definition) is 0. The Balaban J connectivity index is 2.06. The van der Waals surface area contributed by atoms with Crippen molar-refractivity contribution in [2.75, 3.05) is 0 Å². The van der Waals surface area contributed by atoms with E-state index >= 15 is 0 Å². The number of benzene rings is 1. The molecule has 1 heterocycles. The van der Waals surface area contributed by atoms with E-state index in [4.69, 9.17) is 4.42 Å². The maximum atomic E-state index is 6.08. The van der Waals surface area contributed by atoms with Gasteiger partial charge in [-0.25, -0.2) is 0 Å². The second-order valence-corrected chi connectivity index (χ2v) is 6.79. The Hall–Kier alpha value is -0.540. The zero-order chi connectivity index (χ0) is 12.5. The Morgan fingerprint density at radius 1 is 1.17 bits per heavy atom. The molecule has 18 heavy (non-hydrogen) atoms. The number of halogens is 2. The van der Waals surface area contributed by atoms with Crippen LogP contribution < -0.4 is 0 Å². The van der Waals surface area contributed by atoms with Crippen LogP contribution in [0.25, 0.3) is 11.3 Å². The van der Waals surface area contributed by atoms with Gasteiger partial charge in [-0.1, -0.05) is 46.3 Å². The fourth-order valence-electron chi connectivity index (χ4n) is 2.48. The van der Waals surface area contributed by atoms with Gasteiger partial charge >= 0.3 is 0 Å². The maximum absolute atomic E-state index is 6.08. The lowest BCUT2D eigenvalue weighted by Gasteiger charge is -2.04. The summed E-state index contributed by atoms with van der Waals surface area (Å²) in [4.78, 5) is 0.566. The lowest BCUT2D eigenvalue weighted by molar-refractivity contribution is 0.513. The van der Waals surface area contributed by atoms with Gasteiger partial charge in [0.15, 0.2) is 0 Å².